The van der Waals surface area contributed by atoms with E-state index in [2.05, 4.69) is 25.1 Å². The van der Waals surface area contributed by atoms with Crippen molar-refractivity contribution in [2.75, 3.05) is 5.32 Å². The number of nitrogens with one attached hydrogen (secondary N) is 1. The number of hydrogen-bond acceptors (Lipinski definition) is 7. The van der Waals surface area contributed by atoms with E-state index >= 15 is 0 Å². The second-order valence-electron chi connectivity index (χ2n) is 8.10. The number of ether oxygens (including phenoxy) is 1. The van der Waals surface area contributed by atoms with Gasteiger partial charge in [-0.25, -0.2) is 19.2 Å². The van der Waals surface area contributed by atoms with Crippen molar-refractivity contribution in [3.8, 4) is 0 Å². The predicted octanol–water partition coefficient (Wildman–Crippen LogP) is 3.11. The van der Waals surface area contributed by atoms with E-state index in [1.165, 1.54) is 0 Å². The van der Waals surface area contributed by atoms with Crippen LogP contribution in [0.25, 0.3) is 16.7 Å². The number of aryl methyl sites for hydroxylation is 2. The number of anilines is 2. The van der Waals surface area contributed by atoms with Crippen LogP contribution in [0.4, 0.5) is 11.6 Å². The van der Waals surface area contributed by atoms with Crippen LogP contribution in [0.3, 0.4) is 0 Å². The third kappa shape index (κ3) is 2.76. The Morgan fingerprint density at radius 3 is 2.79 bits per heavy atom. The molecule has 0 saturated carbocycles. The van der Waals surface area contributed by atoms with Crippen molar-refractivity contribution in [2.24, 2.45) is 0 Å². The van der Waals surface area contributed by atoms with Crippen molar-refractivity contribution in [3.63, 3.8) is 0 Å². The molecule has 6 heterocycles. The summed E-state index contributed by atoms with van der Waals surface area (Å²) >= 11 is 0. The summed E-state index contributed by atoms with van der Waals surface area (Å²) in [5.74, 6) is 0.552. The molecule has 3 atom stereocenters. The van der Waals surface area contributed by atoms with Gasteiger partial charge in [-0.15, -0.1) is 0 Å². The minimum Gasteiger partial charge on any atom is -0.375 e. The molecule has 4 aromatic heterocycles. The summed E-state index contributed by atoms with van der Waals surface area (Å²) in [4.78, 5) is 13.6. The van der Waals surface area contributed by atoms with Crippen LogP contribution in [0.15, 0.2) is 24.8 Å². The molecule has 2 aliphatic rings. The highest BCUT2D eigenvalue weighted by Gasteiger charge is 2.37. The van der Waals surface area contributed by atoms with Gasteiger partial charge in [-0.1, -0.05) is 0 Å². The summed E-state index contributed by atoms with van der Waals surface area (Å²) in [7, 11) is 0. The van der Waals surface area contributed by atoms with Crippen molar-refractivity contribution in [1.82, 2.24) is 34.3 Å². The lowest BCUT2D eigenvalue weighted by Gasteiger charge is -2.28. The van der Waals surface area contributed by atoms with Crippen LogP contribution in [-0.4, -0.2) is 46.6 Å². The van der Waals surface area contributed by atoms with Gasteiger partial charge in [0.05, 0.1) is 41.2 Å². The van der Waals surface area contributed by atoms with E-state index in [0.29, 0.717) is 24.2 Å². The summed E-state index contributed by atoms with van der Waals surface area (Å²) in [6.45, 7) is 4.05. The summed E-state index contributed by atoms with van der Waals surface area (Å²) in [5, 5.41) is 13.4. The van der Waals surface area contributed by atoms with Gasteiger partial charge in [0, 0.05) is 6.20 Å². The molecule has 9 nitrogen and oxygen atoms in total. The molecular formula is C20H22N8O. The fourth-order valence-corrected chi connectivity index (χ4v) is 4.62. The summed E-state index contributed by atoms with van der Waals surface area (Å²) in [6.07, 6.45) is 10.3. The van der Waals surface area contributed by atoms with Crippen LogP contribution in [0, 0.1) is 13.8 Å². The minimum atomic E-state index is 0.327. The van der Waals surface area contributed by atoms with Crippen LogP contribution in [0.1, 0.15) is 43.0 Å². The van der Waals surface area contributed by atoms with Gasteiger partial charge in [0.15, 0.2) is 11.3 Å². The van der Waals surface area contributed by atoms with E-state index in [0.717, 1.165) is 59.3 Å². The molecule has 1 N–H and O–H groups in total. The summed E-state index contributed by atoms with van der Waals surface area (Å²) in [5.41, 5.74) is 4.61. The van der Waals surface area contributed by atoms with Gasteiger partial charge in [0.2, 0.25) is 5.95 Å². The molecule has 9 heteroatoms. The Bertz CT molecular complexity index is 1220. The number of pyridine rings is 1. The number of nitrogens with zero attached hydrogens (tertiary/aromatic N) is 7. The first kappa shape index (κ1) is 16.8. The smallest absolute Gasteiger partial charge is 0.229 e. The van der Waals surface area contributed by atoms with Gasteiger partial charge < -0.3 is 10.1 Å². The maximum absolute atomic E-state index is 6.01. The molecule has 2 bridgehead atoms. The van der Waals surface area contributed by atoms with Crippen molar-refractivity contribution in [2.45, 2.75) is 57.8 Å². The Balaban J connectivity index is 1.38. The number of fused-ring (bicyclic) bond motifs is 4. The molecule has 4 aromatic rings. The van der Waals surface area contributed by atoms with E-state index in [1.807, 2.05) is 32.3 Å². The third-order valence-electron chi connectivity index (χ3n) is 6.11. The van der Waals surface area contributed by atoms with E-state index < -0.39 is 0 Å². The Morgan fingerprint density at radius 1 is 1.14 bits per heavy atom. The Morgan fingerprint density at radius 2 is 1.97 bits per heavy atom. The average molecular weight is 390 g/mol. The highest BCUT2D eigenvalue weighted by atomic mass is 16.5. The lowest BCUT2D eigenvalue weighted by atomic mass is 10.0. The van der Waals surface area contributed by atoms with Crippen LogP contribution < -0.4 is 5.32 Å². The van der Waals surface area contributed by atoms with Crippen molar-refractivity contribution in [3.05, 3.63) is 36.0 Å². The van der Waals surface area contributed by atoms with Gasteiger partial charge in [0.1, 0.15) is 6.33 Å². The van der Waals surface area contributed by atoms with Gasteiger partial charge in [-0.3, -0.25) is 0 Å². The molecule has 0 aromatic carbocycles. The molecule has 1 unspecified atom stereocenters. The molecule has 2 fully saturated rings. The topological polar surface area (TPSA) is 95.1 Å². The maximum Gasteiger partial charge on any atom is 0.229 e. The Labute approximate surface area is 167 Å². The van der Waals surface area contributed by atoms with Crippen LogP contribution >= 0.6 is 0 Å². The zero-order valence-electron chi connectivity index (χ0n) is 16.4. The van der Waals surface area contributed by atoms with Crippen LogP contribution in [0.2, 0.25) is 0 Å². The van der Waals surface area contributed by atoms with Crippen molar-refractivity contribution in [1.29, 1.82) is 0 Å². The second-order valence-corrected chi connectivity index (χ2v) is 8.10. The van der Waals surface area contributed by atoms with Gasteiger partial charge in [0.25, 0.3) is 0 Å². The van der Waals surface area contributed by atoms with E-state index in [1.54, 1.807) is 10.8 Å². The number of hydrogen-bond donors (Lipinski definition) is 1. The number of aromatic nitrogens is 7. The normalized spacial score (nSPS) is 23.9. The van der Waals surface area contributed by atoms with E-state index in [4.69, 9.17) is 14.8 Å². The van der Waals surface area contributed by atoms with Crippen LogP contribution in [-0.2, 0) is 4.74 Å². The average Bonchev–Trinajstić information content (AvgIpc) is 3.39. The standard InChI is InChI=1S/C20H22N8O/c1-11-5-18-22-10-23-27(18)9-17(11)24-20-21-8-16-12(2)26-28(19(16)25-20)13-6-14-3-4-15(7-13)29-14/h5,8-10,13-15H,3-4,6-7H2,1-2H3,(H,21,24,25)/t13?,14-,15+. The highest BCUT2D eigenvalue weighted by Crippen LogP contribution is 2.39. The molecule has 6 rings (SSSR count). The molecule has 0 aliphatic carbocycles. The molecule has 0 spiro atoms. The maximum atomic E-state index is 6.01. The monoisotopic (exact) mass is 390 g/mol. The lowest BCUT2D eigenvalue weighted by molar-refractivity contribution is -0.0174. The minimum absolute atomic E-state index is 0.327. The first-order valence-corrected chi connectivity index (χ1v) is 10.1. The molecule has 0 radical (unpaired) electrons. The Kier molecular flexibility index (Phi) is 3.61. The molecule has 0 amide bonds. The van der Waals surface area contributed by atoms with E-state index in [9.17, 15) is 0 Å². The third-order valence-corrected chi connectivity index (χ3v) is 6.11. The largest absolute Gasteiger partial charge is 0.375 e. The predicted molar refractivity (Wildman–Crippen MR) is 107 cm³/mol. The van der Waals surface area contributed by atoms with Crippen LogP contribution in [0.5, 0.6) is 0 Å². The zero-order valence-corrected chi connectivity index (χ0v) is 16.4. The van der Waals surface area contributed by atoms with Crippen molar-refractivity contribution >= 4 is 28.3 Å². The molecule has 2 aliphatic heterocycles. The number of rotatable bonds is 3. The fourth-order valence-electron chi connectivity index (χ4n) is 4.62. The lowest BCUT2D eigenvalue weighted by Crippen LogP contribution is -2.27. The summed E-state index contributed by atoms with van der Waals surface area (Å²) in [6, 6.07) is 2.31. The molecule has 29 heavy (non-hydrogen) atoms. The first-order chi connectivity index (χ1) is 14.1. The molecule has 2 saturated heterocycles. The fraction of sp³-hybridized carbons (Fsp3) is 0.450. The first-order valence-electron chi connectivity index (χ1n) is 10.1. The molecular weight excluding hydrogens is 368 g/mol. The SMILES string of the molecule is Cc1cc2ncnn2cc1Nc1ncc2c(C)nn(C3C[C@H]4CC[C@@H](C3)O4)c2n1. The second kappa shape index (κ2) is 6.21. The zero-order chi connectivity index (χ0) is 19.5. The van der Waals surface area contributed by atoms with Crippen molar-refractivity contribution < 1.29 is 4.74 Å². The summed E-state index contributed by atoms with van der Waals surface area (Å²) < 4.78 is 9.84. The Hall–Kier alpha value is -3.07. The molecule has 148 valence electrons. The van der Waals surface area contributed by atoms with Gasteiger partial charge >= 0.3 is 0 Å². The van der Waals surface area contributed by atoms with Gasteiger partial charge in [-0.2, -0.15) is 15.2 Å². The van der Waals surface area contributed by atoms with Gasteiger partial charge in [-0.05, 0) is 51.2 Å². The highest BCUT2D eigenvalue weighted by molar-refractivity contribution is 5.79. The van der Waals surface area contributed by atoms with E-state index in [-0.39, 0.29) is 0 Å². The quantitative estimate of drug-likeness (QED) is 0.574.